The van der Waals surface area contributed by atoms with Gasteiger partial charge in [-0.1, -0.05) is 0 Å². The van der Waals surface area contributed by atoms with Gasteiger partial charge in [-0.05, 0) is 6.42 Å². The lowest BCUT2D eigenvalue weighted by molar-refractivity contribution is -0.225. The molecule has 1 N–H and O–H groups in total. The van der Waals surface area contributed by atoms with Crippen LogP contribution in [0.25, 0.3) is 0 Å². The second kappa shape index (κ2) is 3.05. The summed E-state index contributed by atoms with van der Waals surface area (Å²) >= 11 is 0. The first-order valence-electron chi connectivity index (χ1n) is 3.53. The highest BCUT2D eigenvalue weighted by molar-refractivity contribution is 5.85. The molecule has 3 atom stereocenters. The maximum atomic E-state index is 12.1. The van der Waals surface area contributed by atoms with Crippen molar-refractivity contribution in [2.75, 3.05) is 6.54 Å². The third kappa shape index (κ3) is 1.53. The van der Waals surface area contributed by atoms with Crippen LogP contribution in [-0.2, 0) is 4.74 Å². The largest absolute Gasteiger partial charge is 0.416 e. The monoisotopic (exact) mass is 203 g/mol. The maximum Gasteiger partial charge on any atom is 0.416 e. The molecule has 2 fully saturated rings. The molecule has 2 bridgehead atoms. The van der Waals surface area contributed by atoms with Gasteiger partial charge in [0.1, 0.15) is 0 Å². The minimum atomic E-state index is -4.20. The van der Waals surface area contributed by atoms with Crippen LogP contribution in [0.3, 0.4) is 0 Å². The average Bonchev–Trinajstić information content (AvgIpc) is 2.42. The molecule has 12 heavy (non-hydrogen) atoms. The second-order valence-electron chi connectivity index (χ2n) is 2.97. The Kier molecular flexibility index (Phi) is 2.56. The van der Waals surface area contributed by atoms with E-state index in [9.17, 15) is 13.2 Å². The number of hydrogen-bond donors (Lipinski definition) is 1. The van der Waals surface area contributed by atoms with Gasteiger partial charge < -0.3 is 10.1 Å². The van der Waals surface area contributed by atoms with Crippen LogP contribution in [-0.4, -0.2) is 31.0 Å². The second-order valence-corrected chi connectivity index (χ2v) is 2.97. The zero-order chi connectivity index (χ0) is 8.06. The summed E-state index contributed by atoms with van der Waals surface area (Å²) in [6.07, 6.45) is -5.48. The minimum absolute atomic E-state index is 0. The molecule has 2 rings (SSSR count). The first-order valence-corrected chi connectivity index (χ1v) is 3.53. The van der Waals surface area contributed by atoms with E-state index in [4.69, 9.17) is 4.74 Å². The highest BCUT2D eigenvalue weighted by Gasteiger charge is 2.54. The molecule has 0 saturated carbocycles. The molecule has 0 amide bonds. The van der Waals surface area contributed by atoms with E-state index in [1.807, 2.05) is 0 Å². The summed E-state index contributed by atoms with van der Waals surface area (Å²) in [5, 5.41) is 2.77. The number of morpholine rings is 1. The Morgan fingerprint density at radius 3 is 2.25 bits per heavy atom. The summed E-state index contributed by atoms with van der Waals surface area (Å²) < 4.78 is 40.9. The normalized spacial score (nSPS) is 39.8. The molecule has 3 unspecified atom stereocenters. The lowest BCUT2D eigenvalue weighted by Crippen LogP contribution is -2.47. The molecule has 2 aliphatic heterocycles. The molecule has 6 heteroatoms. The standard InChI is InChI=1S/C6H8F3NO.ClH/c7-6(8,9)5-4-1-3(11-5)2-10-4;/h3-5,10H,1-2H2;1H. The number of ether oxygens (including phenoxy) is 1. The van der Waals surface area contributed by atoms with Crippen LogP contribution in [0.15, 0.2) is 0 Å². The molecule has 0 radical (unpaired) electrons. The van der Waals surface area contributed by atoms with E-state index in [1.54, 1.807) is 0 Å². The van der Waals surface area contributed by atoms with E-state index >= 15 is 0 Å². The number of alkyl halides is 3. The summed E-state index contributed by atoms with van der Waals surface area (Å²) in [6, 6.07) is -0.500. The number of nitrogens with one attached hydrogen (secondary N) is 1. The third-order valence-corrected chi connectivity index (χ3v) is 2.15. The van der Waals surface area contributed by atoms with Crippen molar-refractivity contribution in [3.05, 3.63) is 0 Å². The van der Waals surface area contributed by atoms with Crippen molar-refractivity contribution in [3.63, 3.8) is 0 Å². The van der Waals surface area contributed by atoms with Crippen molar-refractivity contribution < 1.29 is 17.9 Å². The average molecular weight is 204 g/mol. The minimum Gasteiger partial charge on any atom is -0.362 e. The summed E-state index contributed by atoms with van der Waals surface area (Å²) in [6.45, 7) is 0.567. The zero-order valence-electron chi connectivity index (χ0n) is 6.10. The van der Waals surface area contributed by atoms with E-state index in [-0.39, 0.29) is 18.5 Å². The lowest BCUT2D eigenvalue weighted by atomic mass is 10.1. The lowest BCUT2D eigenvalue weighted by Gasteiger charge is -2.25. The smallest absolute Gasteiger partial charge is 0.362 e. The number of halogens is 4. The van der Waals surface area contributed by atoms with Crippen molar-refractivity contribution in [1.82, 2.24) is 5.32 Å². The van der Waals surface area contributed by atoms with Crippen molar-refractivity contribution in [2.45, 2.75) is 30.8 Å². The Morgan fingerprint density at radius 1 is 1.33 bits per heavy atom. The topological polar surface area (TPSA) is 21.3 Å². The predicted octanol–water partition coefficient (Wildman–Crippen LogP) is 1.10. The van der Waals surface area contributed by atoms with Gasteiger partial charge in [0.15, 0.2) is 6.10 Å². The molecule has 2 heterocycles. The fourth-order valence-electron chi connectivity index (χ4n) is 1.67. The molecule has 72 valence electrons. The van der Waals surface area contributed by atoms with Crippen LogP contribution in [0, 0.1) is 0 Å². The van der Waals surface area contributed by atoms with Crippen LogP contribution in [0.2, 0.25) is 0 Å². The van der Waals surface area contributed by atoms with Crippen molar-refractivity contribution in [3.8, 4) is 0 Å². The highest BCUT2D eigenvalue weighted by Crippen LogP contribution is 2.36. The van der Waals surface area contributed by atoms with Gasteiger partial charge in [-0.2, -0.15) is 13.2 Å². The maximum absolute atomic E-state index is 12.1. The molecule has 2 nitrogen and oxygen atoms in total. The summed E-state index contributed by atoms with van der Waals surface area (Å²) in [5.41, 5.74) is 0. The van der Waals surface area contributed by atoms with Crippen LogP contribution >= 0.6 is 12.4 Å². The molecule has 0 aliphatic carbocycles. The third-order valence-electron chi connectivity index (χ3n) is 2.15. The first kappa shape index (κ1) is 10.1. The van der Waals surface area contributed by atoms with Gasteiger partial charge in [0.2, 0.25) is 0 Å². The van der Waals surface area contributed by atoms with Gasteiger partial charge in [0.05, 0.1) is 6.10 Å². The summed E-state index contributed by atoms with van der Waals surface area (Å²) in [7, 11) is 0. The van der Waals surface area contributed by atoms with E-state index in [2.05, 4.69) is 5.32 Å². The van der Waals surface area contributed by atoms with Crippen LogP contribution in [0.1, 0.15) is 6.42 Å². The molecular formula is C6H9ClF3NO. The molecule has 0 aromatic heterocycles. The van der Waals surface area contributed by atoms with Gasteiger partial charge in [0.25, 0.3) is 0 Å². The van der Waals surface area contributed by atoms with Gasteiger partial charge in [0, 0.05) is 12.6 Å². The predicted molar refractivity (Wildman–Crippen MR) is 38.4 cm³/mol. The zero-order valence-corrected chi connectivity index (χ0v) is 6.91. The quantitative estimate of drug-likeness (QED) is 0.637. The Balaban J connectivity index is 0.000000720. The summed E-state index contributed by atoms with van der Waals surface area (Å²) in [5.74, 6) is 0. The van der Waals surface area contributed by atoms with Gasteiger partial charge >= 0.3 is 6.18 Å². The molecule has 2 aliphatic rings. The number of rotatable bonds is 0. The Hall–Kier alpha value is -0.0000000000000000416. The van der Waals surface area contributed by atoms with Crippen LogP contribution < -0.4 is 5.32 Å². The van der Waals surface area contributed by atoms with Crippen molar-refractivity contribution in [1.29, 1.82) is 0 Å². The molecule has 2 saturated heterocycles. The van der Waals surface area contributed by atoms with E-state index < -0.39 is 18.3 Å². The van der Waals surface area contributed by atoms with Gasteiger partial charge in [-0.3, -0.25) is 0 Å². The first-order chi connectivity index (χ1) is 5.07. The van der Waals surface area contributed by atoms with Crippen molar-refractivity contribution in [2.24, 2.45) is 0 Å². The summed E-state index contributed by atoms with van der Waals surface area (Å²) in [4.78, 5) is 0. The van der Waals surface area contributed by atoms with Gasteiger partial charge in [-0.25, -0.2) is 0 Å². The molecular weight excluding hydrogens is 195 g/mol. The molecule has 0 aromatic rings. The Labute approximate surface area is 73.9 Å². The van der Waals surface area contributed by atoms with Gasteiger partial charge in [-0.15, -0.1) is 12.4 Å². The van der Waals surface area contributed by atoms with Crippen molar-refractivity contribution >= 4 is 12.4 Å². The van der Waals surface area contributed by atoms with E-state index in [1.165, 1.54) is 0 Å². The fraction of sp³-hybridized carbons (Fsp3) is 1.00. The van der Waals surface area contributed by atoms with Crippen LogP contribution in [0.5, 0.6) is 0 Å². The Morgan fingerprint density at radius 2 is 2.00 bits per heavy atom. The van der Waals surface area contributed by atoms with E-state index in [0.29, 0.717) is 13.0 Å². The van der Waals surface area contributed by atoms with Crippen LogP contribution in [0.4, 0.5) is 13.2 Å². The number of fused-ring (bicyclic) bond motifs is 2. The molecule has 0 spiro atoms. The molecule has 0 aromatic carbocycles. The fourth-order valence-corrected chi connectivity index (χ4v) is 1.67. The van der Waals surface area contributed by atoms with E-state index in [0.717, 1.165) is 0 Å². The Bertz CT molecular complexity index is 175. The highest BCUT2D eigenvalue weighted by atomic mass is 35.5. The SMILES string of the molecule is Cl.FC(F)(F)C1OC2CNC1C2. The number of hydrogen-bond acceptors (Lipinski definition) is 2.